The fourth-order valence-electron chi connectivity index (χ4n) is 5.30. The number of methoxy groups -OCH3 is 1. The van der Waals surface area contributed by atoms with Gasteiger partial charge in [0.1, 0.15) is 0 Å². The first-order valence-electron chi connectivity index (χ1n) is 13.7. The van der Waals surface area contributed by atoms with E-state index in [1.54, 1.807) is 0 Å². The Kier molecular flexibility index (Phi) is 9.74. The van der Waals surface area contributed by atoms with Crippen molar-refractivity contribution in [1.82, 2.24) is 5.32 Å². The Bertz CT molecular complexity index is 1290. The van der Waals surface area contributed by atoms with Crippen LogP contribution >= 0.6 is 0 Å². The molecule has 1 aliphatic rings. The zero-order chi connectivity index (χ0) is 27.6. The third-order valence-corrected chi connectivity index (χ3v) is 7.53. The highest BCUT2D eigenvalue weighted by atomic mass is 16.5. The second-order valence-corrected chi connectivity index (χ2v) is 10.3. The predicted octanol–water partition coefficient (Wildman–Crippen LogP) is 6.51. The van der Waals surface area contributed by atoms with E-state index >= 15 is 0 Å². The standard InChI is InChI=1S/C34H38N2O3/c1-24(35)30-15-9-12-26(22-30)23-31(34(38)39-2)32(21-16-25-10-5-3-6-11-25)36-33(37)29-19-17-28(18-20-29)27-13-7-4-8-14-27/h3,5-6,9-12,15-22,27,31-32H,1,4,7-8,13-14,23,35H2,2H3,(H,36,37)/b21-16+. The molecule has 1 saturated carbocycles. The number of nitrogens with two attached hydrogens (primary N) is 1. The lowest BCUT2D eigenvalue weighted by Crippen LogP contribution is -2.43. The summed E-state index contributed by atoms with van der Waals surface area (Å²) >= 11 is 0. The van der Waals surface area contributed by atoms with Crippen LogP contribution < -0.4 is 11.1 Å². The summed E-state index contributed by atoms with van der Waals surface area (Å²) in [6, 6.07) is 24.7. The molecule has 0 aromatic heterocycles. The SMILES string of the molecule is C=C(N)c1cccc(CC(C(=O)OC)C(/C=C/c2ccccc2)NC(=O)c2ccc(C3CCCCC3)cc2)c1. The van der Waals surface area contributed by atoms with Crippen LogP contribution in [0.15, 0.2) is 91.5 Å². The fraction of sp³-hybridized carbons (Fsp3) is 0.294. The highest BCUT2D eigenvalue weighted by molar-refractivity contribution is 5.95. The largest absolute Gasteiger partial charge is 0.469 e. The maximum Gasteiger partial charge on any atom is 0.311 e. The van der Waals surface area contributed by atoms with Gasteiger partial charge in [0.05, 0.1) is 19.1 Å². The molecule has 5 heteroatoms. The number of nitrogens with one attached hydrogen (secondary N) is 1. The van der Waals surface area contributed by atoms with Gasteiger partial charge in [0.25, 0.3) is 5.91 Å². The molecule has 0 heterocycles. The van der Waals surface area contributed by atoms with E-state index in [2.05, 4.69) is 24.0 Å². The van der Waals surface area contributed by atoms with Gasteiger partial charge in [0, 0.05) is 11.3 Å². The zero-order valence-electron chi connectivity index (χ0n) is 22.6. The van der Waals surface area contributed by atoms with Gasteiger partial charge < -0.3 is 15.8 Å². The Morgan fingerprint density at radius 2 is 1.69 bits per heavy atom. The molecule has 3 aromatic carbocycles. The highest BCUT2D eigenvalue weighted by Crippen LogP contribution is 2.32. The zero-order valence-corrected chi connectivity index (χ0v) is 22.6. The molecule has 202 valence electrons. The van der Waals surface area contributed by atoms with Crippen molar-refractivity contribution in [2.45, 2.75) is 50.5 Å². The summed E-state index contributed by atoms with van der Waals surface area (Å²) in [5.74, 6) is -0.711. The average molecular weight is 523 g/mol. The summed E-state index contributed by atoms with van der Waals surface area (Å²) in [6.45, 7) is 3.82. The van der Waals surface area contributed by atoms with Crippen LogP contribution in [0.5, 0.6) is 0 Å². The van der Waals surface area contributed by atoms with Crippen molar-refractivity contribution in [2.24, 2.45) is 11.7 Å². The molecule has 0 bridgehead atoms. The van der Waals surface area contributed by atoms with Crippen molar-refractivity contribution in [2.75, 3.05) is 7.11 Å². The minimum atomic E-state index is -0.651. The summed E-state index contributed by atoms with van der Waals surface area (Å²) in [5.41, 5.74) is 10.9. The molecule has 0 saturated heterocycles. The van der Waals surface area contributed by atoms with Crippen LogP contribution in [0.3, 0.4) is 0 Å². The van der Waals surface area contributed by atoms with Crippen LogP contribution in [0.1, 0.15) is 70.6 Å². The van der Waals surface area contributed by atoms with E-state index in [1.165, 1.54) is 44.8 Å². The van der Waals surface area contributed by atoms with Gasteiger partial charge >= 0.3 is 5.97 Å². The molecule has 1 aliphatic carbocycles. The van der Waals surface area contributed by atoms with Crippen molar-refractivity contribution in [3.05, 3.63) is 119 Å². The van der Waals surface area contributed by atoms with Crippen LogP contribution in [0.25, 0.3) is 11.8 Å². The van der Waals surface area contributed by atoms with Gasteiger partial charge in [0.15, 0.2) is 0 Å². The lowest BCUT2D eigenvalue weighted by atomic mass is 9.84. The Hall–Kier alpha value is -4.12. The van der Waals surface area contributed by atoms with Gasteiger partial charge in [0.2, 0.25) is 0 Å². The van der Waals surface area contributed by atoms with Crippen LogP contribution in [-0.4, -0.2) is 25.0 Å². The smallest absolute Gasteiger partial charge is 0.311 e. The number of benzene rings is 3. The Balaban J connectivity index is 1.60. The molecular weight excluding hydrogens is 484 g/mol. The monoisotopic (exact) mass is 522 g/mol. The van der Waals surface area contributed by atoms with Gasteiger partial charge in [-0.1, -0.05) is 98.7 Å². The molecule has 3 aromatic rings. The molecule has 39 heavy (non-hydrogen) atoms. The minimum absolute atomic E-state index is 0.231. The second kappa shape index (κ2) is 13.6. The van der Waals surface area contributed by atoms with Gasteiger partial charge in [-0.3, -0.25) is 9.59 Å². The second-order valence-electron chi connectivity index (χ2n) is 10.3. The number of rotatable bonds is 10. The summed E-state index contributed by atoms with van der Waals surface area (Å²) in [4.78, 5) is 26.5. The molecule has 2 atom stereocenters. The molecule has 1 amide bonds. The van der Waals surface area contributed by atoms with Crippen molar-refractivity contribution in [3.63, 3.8) is 0 Å². The molecule has 3 N–H and O–H groups in total. The fourth-order valence-corrected chi connectivity index (χ4v) is 5.30. The Labute approximate surface area is 231 Å². The number of hydrogen-bond donors (Lipinski definition) is 2. The third-order valence-electron chi connectivity index (χ3n) is 7.53. The molecule has 4 rings (SSSR count). The number of esters is 1. The van der Waals surface area contributed by atoms with Gasteiger partial charge in [-0.25, -0.2) is 0 Å². The normalized spacial score (nSPS) is 15.4. The number of carbonyl (C=O) groups is 2. The number of hydrogen-bond acceptors (Lipinski definition) is 4. The molecule has 0 aliphatic heterocycles. The molecule has 2 unspecified atom stereocenters. The van der Waals surface area contributed by atoms with Crippen molar-refractivity contribution in [1.29, 1.82) is 0 Å². The maximum atomic E-state index is 13.4. The number of carbonyl (C=O) groups excluding carboxylic acids is 2. The van der Waals surface area contributed by atoms with Crippen LogP contribution in [0.2, 0.25) is 0 Å². The first kappa shape index (κ1) is 27.9. The molecule has 0 radical (unpaired) electrons. The average Bonchev–Trinajstić information content (AvgIpc) is 2.99. The summed E-state index contributed by atoms with van der Waals surface area (Å²) in [5, 5.41) is 3.11. The van der Waals surface area contributed by atoms with E-state index in [9.17, 15) is 9.59 Å². The van der Waals surface area contributed by atoms with Crippen LogP contribution in [0, 0.1) is 5.92 Å². The topological polar surface area (TPSA) is 81.4 Å². The molecule has 5 nitrogen and oxygen atoms in total. The minimum Gasteiger partial charge on any atom is -0.469 e. The quantitative estimate of drug-likeness (QED) is 0.298. The number of ether oxygens (including phenoxy) is 1. The predicted molar refractivity (Wildman–Crippen MR) is 158 cm³/mol. The third kappa shape index (κ3) is 7.70. The van der Waals surface area contributed by atoms with E-state index in [0.717, 1.165) is 16.7 Å². The Morgan fingerprint density at radius 1 is 0.974 bits per heavy atom. The number of amides is 1. The Morgan fingerprint density at radius 3 is 2.36 bits per heavy atom. The van der Waals surface area contributed by atoms with Crippen LogP contribution in [0.4, 0.5) is 0 Å². The van der Waals surface area contributed by atoms with E-state index in [1.807, 2.05) is 78.9 Å². The van der Waals surface area contributed by atoms with Crippen molar-refractivity contribution >= 4 is 23.6 Å². The molecule has 0 spiro atoms. The lowest BCUT2D eigenvalue weighted by Gasteiger charge is -2.25. The van der Waals surface area contributed by atoms with Crippen molar-refractivity contribution < 1.29 is 14.3 Å². The first-order valence-corrected chi connectivity index (χ1v) is 13.7. The van der Waals surface area contributed by atoms with E-state index in [0.29, 0.717) is 23.6 Å². The highest BCUT2D eigenvalue weighted by Gasteiger charge is 2.30. The summed E-state index contributed by atoms with van der Waals surface area (Å²) in [6.07, 6.45) is 10.4. The van der Waals surface area contributed by atoms with Crippen LogP contribution in [-0.2, 0) is 16.0 Å². The van der Waals surface area contributed by atoms with Gasteiger partial charge in [-0.05, 0) is 65.6 Å². The first-order chi connectivity index (χ1) is 18.9. The van der Waals surface area contributed by atoms with Gasteiger partial charge in [-0.2, -0.15) is 0 Å². The summed E-state index contributed by atoms with van der Waals surface area (Å²) in [7, 11) is 1.37. The van der Waals surface area contributed by atoms with Gasteiger partial charge in [-0.15, -0.1) is 0 Å². The molecular formula is C34H38N2O3. The lowest BCUT2D eigenvalue weighted by molar-refractivity contribution is -0.145. The van der Waals surface area contributed by atoms with Crippen molar-refractivity contribution in [3.8, 4) is 0 Å². The maximum absolute atomic E-state index is 13.4. The molecule has 1 fully saturated rings. The van der Waals surface area contributed by atoms with E-state index < -0.39 is 17.9 Å². The summed E-state index contributed by atoms with van der Waals surface area (Å²) < 4.78 is 5.20. The van der Waals surface area contributed by atoms with E-state index in [-0.39, 0.29) is 5.91 Å². The van der Waals surface area contributed by atoms with E-state index in [4.69, 9.17) is 10.5 Å².